The van der Waals surface area contributed by atoms with E-state index in [1.165, 1.54) is 19.3 Å². The number of benzene rings is 2. The predicted octanol–water partition coefficient (Wildman–Crippen LogP) is 5.95. The molecule has 0 radical (unpaired) electrons. The maximum absolute atomic E-state index is 13.1. The lowest BCUT2D eigenvalue weighted by Gasteiger charge is -2.31. The van der Waals surface area contributed by atoms with E-state index in [-0.39, 0.29) is 23.8 Å². The highest BCUT2D eigenvalue weighted by atomic mass is 35.5. The van der Waals surface area contributed by atoms with Gasteiger partial charge in [0, 0.05) is 53.2 Å². The van der Waals surface area contributed by atoms with Crippen LogP contribution in [0.4, 0.5) is 0 Å². The van der Waals surface area contributed by atoms with Crippen LogP contribution in [0, 0.1) is 5.92 Å². The van der Waals surface area contributed by atoms with E-state index >= 15 is 0 Å². The highest BCUT2D eigenvalue weighted by Gasteiger charge is 2.36. The van der Waals surface area contributed by atoms with E-state index in [4.69, 9.17) is 28.9 Å². The SMILES string of the molecule is NC1CCCN(C(=O)c2ccc(-c3cc(Cl)c(CC4CCN(C5CCCCC5)C4=O)c(Cl)c3)cc2)C1. The van der Waals surface area contributed by atoms with E-state index in [9.17, 15) is 9.59 Å². The van der Waals surface area contributed by atoms with Gasteiger partial charge in [-0.1, -0.05) is 54.6 Å². The minimum absolute atomic E-state index is 0.0200. The number of carbonyl (C=O) groups is 2. The molecule has 3 fully saturated rings. The summed E-state index contributed by atoms with van der Waals surface area (Å²) in [5.41, 5.74) is 9.38. The highest BCUT2D eigenvalue weighted by molar-refractivity contribution is 6.36. The quantitative estimate of drug-likeness (QED) is 0.522. The fourth-order valence-corrected chi connectivity index (χ4v) is 6.74. The van der Waals surface area contributed by atoms with E-state index in [1.807, 2.05) is 41.3 Å². The Balaban J connectivity index is 1.27. The monoisotopic (exact) mass is 527 g/mol. The molecule has 2 N–H and O–H groups in total. The normalized spacial score (nSPS) is 23.4. The first-order valence-electron chi connectivity index (χ1n) is 13.3. The Kier molecular flexibility index (Phi) is 7.90. The molecule has 36 heavy (non-hydrogen) atoms. The first kappa shape index (κ1) is 25.6. The van der Waals surface area contributed by atoms with Crippen LogP contribution in [-0.4, -0.2) is 53.3 Å². The standard InChI is InChI=1S/C29H35Cl2N3O2/c30-26-16-22(19-8-10-20(11-9-19)28(35)33-13-4-5-23(32)18-33)17-27(31)25(26)15-21-12-14-34(29(21)36)24-6-2-1-3-7-24/h8-11,16-17,21,23-24H,1-7,12-15,18,32H2. The third kappa shape index (κ3) is 5.44. The number of amides is 2. The summed E-state index contributed by atoms with van der Waals surface area (Å²) in [5, 5.41) is 1.17. The largest absolute Gasteiger partial charge is 0.339 e. The molecule has 0 spiro atoms. The maximum Gasteiger partial charge on any atom is 0.253 e. The second-order valence-corrected chi connectivity index (χ2v) is 11.5. The lowest BCUT2D eigenvalue weighted by Crippen LogP contribution is -2.45. The summed E-state index contributed by atoms with van der Waals surface area (Å²) in [6.45, 7) is 2.20. The summed E-state index contributed by atoms with van der Waals surface area (Å²) in [5.74, 6) is 0.223. The zero-order chi connectivity index (χ0) is 25.2. The Morgan fingerprint density at radius 3 is 2.25 bits per heavy atom. The number of nitrogens with zero attached hydrogens (tertiary/aromatic N) is 2. The molecule has 192 valence electrons. The molecule has 5 nitrogen and oxygen atoms in total. The number of nitrogens with two attached hydrogens (primary N) is 1. The zero-order valence-corrected chi connectivity index (χ0v) is 22.2. The number of piperidine rings is 1. The van der Waals surface area contributed by atoms with Gasteiger partial charge in [0.15, 0.2) is 0 Å². The van der Waals surface area contributed by atoms with Crippen molar-refractivity contribution in [2.45, 2.75) is 69.9 Å². The first-order chi connectivity index (χ1) is 17.4. The van der Waals surface area contributed by atoms with Crippen LogP contribution in [0.3, 0.4) is 0 Å². The van der Waals surface area contributed by atoms with Gasteiger partial charge in [-0.25, -0.2) is 0 Å². The van der Waals surface area contributed by atoms with E-state index in [1.54, 1.807) is 0 Å². The molecule has 2 amide bonds. The van der Waals surface area contributed by atoms with Crippen molar-refractivity contribution in [3.63, 3.8) is 0 Å². The minimum Gasteiger partial charge on any atom is -0.339 e. The Hall–Kier alpha value is -2.08. The van der Waals surface area contributed by atoms with Crippen molar-refractivity contribution in [2.75, 3.05) is 19.6 Å². The minimum atomic E-state index is -0.0546. The first-order valence-corrected chi connectivity index (χ1v) is 14.1. The zero-order valence-electron chi connectivity index (χ0n) is 20.7. The van der Waals surface area contributed by atoms with Crippen molar-refractivity contribution in [1.82, 2.24) is 9.80 Å². The van der Waals surface area contributed by atoms with Crippen molar-refractivity contribution >= 4 is 35.0 Å². The van der Waals surface area contributed by atoms with Crippen molar-refractivity contribution in [3.05, 3.63) is 57.6 Å². The molecule has 2 aromatic carbocycles. The number of hydrogen-bond donors (Lipinski definition) is 1. The average molecular weight is 529 g/mol. The van der Waals surface area contributed by atoms with Gasteiger partial charge in [0.05, 0.1) is 0 Å². The number of hydrogen-bond acceptors (Lipinski definition) is 3. The Morgan fingerprint density at radius 1 is 0.889 bits per heavy atom. The van der Waals surface area contributed by atoms with Crippen LogP contribution in [0.1, 0.15) is 67.3 Å². The lowest BCUT2D eigenvalue weighted by molar-refractivity contribution is -0.133. The molecule has 2 aliphatic heterocycles. The summed E-state index contributed by atoms with van der Waals surface area (Å²) in [4.78, 5) is 29.9. The van der Waals surface area contributed by atoms with E-state index in [0.717, 1.165) is 61.9 Å². The molecular weight excluding hydrogens is 493 g/mol. The maximum atomic E-state index is 13.1. The number of rotatable bonds is 5. The van der Waals surface area contributed by atoms with Gasteiger partial charge in [0.2, 0.25) is 5.91 Å². The van der Waals surface area contributed by atoms with E-state index < -0.39 is 0 Å². The fourth-order valence-electron chi connectivity index (χ4n) is 6.10. The van der Waals surface area contributed by atoms with Crippen molar-refractivity contribution in [2.24, 2.45) is 11.7 Å². The third-order valence-electron chi connectivity index (χ3n) is 8.17. The molecule has 7 heteroatoms. The fraction of sp³-hybridized carbons (Fsp3) is 0.517. The van der Waals surface area contributed by atoms with Crippen LogP contribution in [-0.2, 0) is 11.2 Å². The number of halogens is 2. The second-order valence-electron chi connectivity index (χ2n) is 10.7. The van der Waals surface area contributed by atoms with Crippen LogP contribution in [0.25, 0.3) is 11.1 Å². The molecule has 2 saturated heterocycles. The molecule has 3 aliphatic rings. The summed E-state index contributed by atoms with van der Waals surface area (Å²) < 4.78 is 0. The van der Waals surface area contributed by atoms with Gasteiger partial charge < -0.3 is 15.5 Å². The van der Waals surface area contributed by atoms with Crippen molar-refractivity contribution in [1.29, 1.82) is 0 Å². The van der Waals surface area contributed by atoms with E-state index in [2.05, 4.69) is 4.90 Å². The molecule has 2 aromatic rings. The van der Waals surface area contributed by atoms with E-state index in [0.29, 0.717) is 34.6 Å². The summed E-state index contributed by atoms with van der Waals surface area (Å²) in [6, 6.07) is 11.9. The van der Waals surface area contributed by atoms with Crippen LogP contribution in [0.15, 0.2) is 36.4 Å². The number of carbonyl (C=O) groups excluding carboxylic acids is 2. The van der Waals surface area contributed by atoms with Crippen LogP contribution in [0.2, 0.25) is 10.0 Å². The topological polar surface area (TPSA) is 66.6 Å². The van der Waals surface area contributed by atoms with Crippen LogP contribution >= 0.6 is 23.2 Å². The summed E-state index contributed by atoms with van der Waals surface area (Å²) >= 11 is 13.4. The highest BCUT2D eigenvalue weighted by Crippen LogP contribution is 2.36. The summed E-state index contributed by atoms with van der Waals surface area (Å²) in [6.07, 6.45) is 9.33. The molecule has 5 rings (SSSR count). The Bertz CT molecular complexity index is 1090. The van der Waals surface area contributed by atoms with Gasteiger partial charge in [-0.3, -0.25) is 9.59 Å². The Morgan fingerprint density at radius 2 is 1.58 bits per heavy atom. The predicted molar refractivity (Wildman–Crippen MR) is 145 cm³/mol. The van der Waals surface area contributed by atoms with Gasteiger partial charge in [-0.2, -0.15) is 0 Å². The smallest absolute Gasteiger partial charge is 0.253 e. The van der Waals surface area contributed by atoms with Crippen LogP contribution < -0.4 is 5.73 Å². The Labute approximate surface area is 223 Å². The van der Waals surface area contributed by atoms with Gasteiger partial charge in [0.25, 0.3) is 5.91 Å². The van der Waals surface area contributed by atoms with Gasteiger partial charge >= 0.3 is 0 Å². The van der Waals surface area contributed by atoms with Crippen molar-refractivity contribution in [3.8, 4) is 11.1 Å². The number of likely N-dealkylation sites (tertiary alicyclic amines) is 2. The van der Waals surface area contributed by atoms with Gasteiger partial charge in [-0.15, -0.1) is 0 Å². The molecule has 0 aromatic heterocycles. The van der Waals surface area contributed by atoms with Crippen molar-refractivity contribution < 1.29 is 9.59 Å². The molecule has 2 atom stereocenters. The van der Waals surface area contributed by atoms with Crippen LogP contribution in [0.5, 0.6) is 0 Å². The van der Waals surface area contributed by atoms with Gasteiger partial charge in [0.1, 0.15) is 0 Å². The molecule has 2 heterocycles. The van der Waals surface area contributed by atoms with Gasteiger partial charge in [-0.05, 0) is 79.5 Å². The average Bonchev–Trinajstić information content (AvgIpc) is 3.26. The lowest BCUT2D eigenvalue weighted by atomic mass is 9.93. The molecule has 0 bridgehead atoms. The molecular formula is C29H35Cl2N3O2. The molecule has 1 aliphatic carbocycles. The third-order valence-corrected chi connectivity index (χ3v) is 8.84. The molecule has 1 saturated carbocycles. The second kappa shape index (κ2) is 11.1. The summed E-state index contributed by atoms with van der Waals surface area (Å²) in [7, 11) is 0. The molecule has 2 unspecified atom stereocenters.